The number of hydrogen-bond acceptors (Lipinski definition) is 3. The number of amides is 1. The van der Waals surface area contributed by atoms with Gasteiger partial charge in [-0.1, -0.05) is 12.1 Å². The van der Waals surface area contributed by atoms with Crippen LogP contribution in [0.15, 0.2) is 29.3 Å². The Kier molecular flexibility index (Phi) is 6.36. The van der Waals surface area contributed by atoms with Gasteiger partial charge in [0.2, 0.25) is 0 Å². The molecule has 0 saturated carbocycles. The molecule has 6 nitrogen and oxygen atoms in total. The third kappa shape index (κ3) is 5.17. The number of rotatable bonds is 5. The van der Waals surface area contributed by atoms with Gasteiger partial charge >= 0.3 is 0 Å². The highest BCUT2D eigenvalue weighted by atomic mass is 16.5. The fourth-order valence-electron chi connectivity index (χ4n) is 1.48. The summed E-state index contributed by atoms with van der Waals surface area (Å²) < 4.78 is 5.46. The first kappa shape index (κ1) is 15.8. The molecular formula is C14H22N4O2. The quantitative estimate of drug-likeness (QED) is 0.606. The van der Waals surface area contributed by atoms with Gasteiger partial charge in [-0.3, -0.25) is 9.79 Å². The van der Waals surface area contributed by atoms with E-state index < -0.39 is 0 Å². The number of benzene rings is 1. The Balaban J connectivity index is 2.55. The molecule has 0 aromatic heterocycles. The molecule has 6 heteroatoms. The fourth-order valence-corrected chi connectivity index (χ4v) is 1.48. The van der Waals surface area contributed by atoms with Crippen LogP contribution in [0.2, 0.25) is 0 Å². The lowest BCUT2D eigenvalue weighted by Gasteiger charge is -2.12. The molecule has 20 heavy (non-hydrogen) atoms. The van der Waals surface area contributed by atoms with Crippen LogP contribution in [0.25, 0.3) is 0 Å². The van der Waals surface area contributed by atoms with E-state index in [4.69, 9.17) is 4.74 Å². The molecule has 1 amide bonds. The number of nitrogens with zero attached hydrogens (tertiary/aromatic N) is 2. The van der Waals surface area contributed by atoms with Gasteiger partial charge < -0.3 is 20.3 Å². The number of carbonyl (C=O) groups excluding carboxylic acids is 1. The van der Waals surface area contributed by atoms with Crippen LogP contribution in [-0.2, 0) is 11.3 Å². The number of carbonyl (C=O) groups is 1. The smallest absolute Gasteiger partial charge is 0.259 e. The van der Waals surface area contributed by atoms with Gasteiger partial charge in [-0.2, -0.15) is 0 Å². The average molecular weight is 278 g/mol. The number of likely N-dealkylation sites (N-methyl/N-ethyl adjacent to an activating group) is 1. The Morgan fingerprint density at radius 1 is 1.40 bits per heavy atom. The van der Waals surface area contributed by atoms with Crippen LogP contribution in [0, 0.1) is 0 Å². The minimum atomic E-state index is -0.0656. The van der Waals surface area contributed by atoms with Crippen molar-refractivity contribution >= 4 is 11.9 Å². The van der Waals surface area contributed by atoms with Gasteiger partial charge in [0.15, 0.2) is 12.6 Å². The Bertz CT molecular complexity index is 472. The van der Waals surface area contributed by atoms with Crippen molar-refractivity contribution in [3.05, 3.63) is 29.8 Å². The fraction of sp³-hybridized carbons (Fsp3) is 0.429. The minimum absolute atomic E-state index is 0.0437. The van der Waals surface area contributed by atoms with E-state index in [1.54, 1.807) is 21.1 Å². The third-order valence-corrected chi connectivity index (χ3v) is 2.68. The van der Waals surface area contributed by atoms with E-state index in [0.29, 0.717) is 12.3 Å². The Morgan fingerprint density at radius 3 is 2.75 bits per heavy atom. The summed E-state index contributed by atoms with van der Waals surface area (Å²) in [5.41, 5.74) is 1.05. The monoisotopic (exact) mass is 278 g/mol. The highest BCUT2D eigenvalue weighted by molar-refractivity contribution is 5.79. The Morgan fingerprint density at radius 2 is 2.15 bits per heavy atom. The van der Waals surface area contributed by atoms with E-state index in [1.165, 1.54) is 4.90 Å². The largest absolute Gasteiger partial charge is 0.484 e. The lowest BCUT2D eigenvalue weighted by molar-refractivity contribution is -0.130. The van der Waals surface area contributed by atoms with E-state index in [0.717, 1.165) is 11.5 Å². The first-order valence-electron chi connectivity index (χ1n) is 6.37. The van der Waals surface area contributed by atoms with Gasteiger partial charge in [0.25, 0.3) is 5.91 Å². The Hall–Kier alpha value is -2.24. The van der Waals surface area contributed by atoms with Crippen molar-refractivity contribution in [3.63, 3.8) is 0 Å². The van der Waals surface area contributed by atoms with Gasteiger partial charge in [0.1, 0.15) is 5.75 Å². The normalized spacial score (nSPS) is 10.9. The second-order valence-corrected chi connectivity index (χ2v) is 4.40. The summed E-state index contributed by atoms with van der Waals surface area (Å²) in [7, 11) is 6.93. The molecule has 0 heterocycles. The number of hydrogen-bond donors (Lipinski definition) is 2. The molecule has 0 fully saturated rings. The zero-order valence-corrected chi connectivity index (χ0v) is 12.4. The van der Waals surface area contributed by atoms with Crippen LogP contribution in [0.1, 0.15) is 5.56 Å². The molecule has 1 rings (SSSR count). The summed E-state index contributed by atoms with van der Waals surface area (Å²) in [6, 6.07) is 7.61. The predicted octanol–water partition coefficient (Wildman–Crippen LogP) is 0.448. The molecule has 1 aromatic carbocycles. The molecule has 0 saturated heterocycles. The number of ether oxygens (including phenoxy) is 1. The van der Waals surface area contributed by atoms with Crippen LogP contribution < -0.4 is 15.4 Å². The van der Waals surface area contributed by atoms with Gasteiger partial charge in [-0.15, -0.1) is 0 Å². The molecule has 0 aliphatic rings. The molecule has 2 N–H and O–H groups in total. The van der Waals surface area contributed by atoms with E-state index in [-0.39, 0.29) is 12.5 Å². The maximum Gasteiger partial charge on any atom is 0.259 e. The van der Waals surface area contributed by atoms with Crippen LogP contribution in [0.3, 0.4) is 0 Å². The molecule has 0 spiro atoms. The first-order valence-corrected chi connectivity index (χ1v) is 6.37. The molecule has 0 atom stereocenters. The molecule has 0 unspecified atom stereocenters. The first-order chi connectivity index (χ1) is 9.56. The molecular weight excluding hydrogens is 256 g/mol. The second kappa shape index (κ2) is 8.04. The lowest BCUT2D eigenvalue weighted by atomic mass is 10.2. The zero-order valence-electron chi connectivity index (χ0n) is 12.4. The third-order valence-electron chi connectivity index (χ3n) is 2.68. The van der Waals surface area contributed by atoms with E-state index in [2.05, 4.69) is 15.6 Å². The average Bonchev–Trinajstić information content (AvgIpc) is 2.46. The number of nitrogens with one attached hydrogen (secondary N) is 2. The van der Waals surface area contributed by atoms with Crippen LogP contribution in [-0.4, -0.2) is 51.6 Å². The summed E-state index contributed by atoms with van der Waals surface area (Å²) in [4.78, 5) is 17.0. The van der Waals surface area contributed by atoms with Gasteiger partial charge in [-0.05, 0) is 17.7 Å². The van der Waals surface area contributed by atoms with Crippen molar-refractivity contribution in [2.24, 2.45) is 4.99 Å². The predicted molar refractivity (Wildman–Crippen MR) is 79.9 cm³/mol. The second-order valence-electron chi connectivity index (χ2n) is 4.40. The van der Waals surface area contributed by atoms with Crippen LogP contribution in [0.4, 0.5) is 0 Å². The molecule has 0 aliphatic carbocycles. The SMILES string of the molecule is CN=C(NC)NCc1cccc(OCC(=O)N(C)C)c1. The highest BCUT2D eigenvalue weighted by Gasteiger charge is 2.05. The van der Waals surface area contributed by atoms with Crippen molar-refractivity contribution in [2.45, 2.75) is 6.54 Å². The van der Waals surface area contributed by atoms with Crippen molar-refractivity contribution < 1.29 is 9.53 Å². The molecule has 0 radical (unpaired) electrons. The van der Waals surface area contributed by atoms with E-state index >= 15 is 0 Å². The number of aliphatic imine (C=N–C) groups is 1. The summed E-state index contributed by atoms with van der Waals surface area (Å²) in [5.74, 6) is 1.34. The number of guanidine groups is 1. The van der Waals surface area contributed by atoms with Crippen molar-refractivity contribution in [3.8, 4) is 5.75 Å². The highest BCUT2D eigenvalue weighted by Crippen LogP contribution is 2.13. The summed E-state index contributed by atoms with van der Waals surface area (Å²) in [5, 5.41) is 6.10. The maximum absolute atomic E-state index is 11.5. The standard InChI is InChI=1S/C14H22N4O2/c1-15-14(16-2)17-9-11-6-5-7-12(8-11)20-10-13(19)18(3)4/h5-8H,9-10H2,1-4H3,(H2,15,16,17). The van der Waals surface area contributed by atoms with Crippen molar-refractivity contribution in [1.82, 2.24) is 15.5 Å². The van der Waals surface area contributed by atoms with Gasteiger partial charge in [-0.25, -0.2) is 0 Å². The van der Waals surface area contributed by atoms with E-state index in [9.17, 15) is 4.79 Å². The molecule has 0 aliphatic heterocycles. The zero-order chi connectivity index (χ0) is 15.0. The van der Waals surface area contributed by atoms with Crippen molar-refractivity contribution in [2.75, 3.05) is 34.8 Å². The molecule has 1 aromatic rings. The topological polar surface area (TPSA) is 66.0 Å². The minimum Gasteiger partial charge on any atom is -0.484 e. The van der Waals surface area contributed by atoms with Crippen LogP contribution >= 0.6 is 0 Å². The summed E-state index contributed by atoms with van der Waals surface area (Å²) >= 11 is 0. The van der Waals surface area contributed by atoms with Gasteiger partial charge in [0, 0.05) is 34.7 Å². The van der Waals surface area contributed by atoms with Crippen molar-refractivity contribution in [1.29, 1.82) is 0 Å². The lowest BCUT2D eigenvalue weighted by Crippen LogP contribution is -2.34. The van der Waals surface area contributed by atoms with Gasteiger partial charge in [0.05, 0.1) is 0 Å². The Labute approximate surface area is 119 Å². The van der Waals surface area contributed by atoms with Crippen LogP contribution in [0.5, 0.6) is 5.75 Å². The summed E-state index contributed by atoms with van der Waals surface area (Å²) in [6.07, 6.45) is 0. The molecule has 0 bridgehead atoms. The molecule has 110 valence electrons. The maximum atomic E-state index is 11.5. The van der Waals surface area contributed by atoms with E-state index in [1.807, 2.05) is 31.3 Å². The summed E-state index contributed by atoms with van der Waals surface area (Å²) in [6.45, 7) is 0.675.